The zero-order valence-corrected chi connectivity index (χ0v) is 17.7. The Morgan fingerprint density at radius 1 is 1.00 bits per heavy atom. The lowest BCUT2D eigenvalue weighted by molar-refractivity contribution is 0.0674. The van der Waals surface area contributed by atoms with Crippen LogP contribution in [0.3, 0.4) is 0 Å². The topological polar surface area (TPSA) is 49.6 Å². The predicted octanol–water partition coefficient (Wildman–Crippen LogP) is 5.39. The molecule has 4 nitrogen and oxygen atoms in total. The zero-order valence-electron chi connectivity index (χ0n) is 17.0. The van der Waals surface area contributed by atoms with Gasteiger partial charge in [-0.15, -0.1) is 0 Å². The van der Waals surface area contributed by atoms with Gasteiger partial charge in [-0.2, -0.15) is 0 Å². The molecule has 3 rings (SSSR count). The summed E-state index contributed by atoms with van der Waals surface area (Å²) < 4.78 is 0. The number of hydrogen-bond acceptors (Lipinski definition) is 3. The second kappa shape index (κ2) is 9.01. The summed E-state index contributed by atoms with van der Waals surface area (Å²) >= 11 is 6.35. The lowest BCUT2D eigenvalue weighted by atomic mass is 10.0. The molecule has 0 radical (unpaired) electrons. The number of rotatable bonds is 6. The highest BCUT2D eigenvalue weighted by molar-refractivity contribution is 6.33. The molecule has 29 heavy (non-hydrogen) atoms. The van der Waals surface area contributed by atoms with Crippen LogP contribution in [-0.4, -0.2) is 24.9 Å². The Bertz CT molecular complexity index is 988. The first kappa shape index (κ1) is 20.7. The summed E-state index contributed by atoms with van der Waals surface area (Å²) in [5.74, 6) is -0.112. The Hall–Kier alpha value is -2.98. The lowest BCUT2D eigenvalue weighted by Crippen LogP contribution is -2.34. The standard InChI is InChI=1S/C24H26ClN3O/c1-17(18-9-5-4-6-10-18)28(24(29)21-11-7-8-12-22(21)25)16-19-15-20(26)13-14-23(19)27(2)3/h4-15,17H,16,26H2,1-3H3/t17-/m1/s1. The molecule has 3 aromatic carbocycles. The first-order valence-corrected chi connectivity index (χ1v) is 9.92. The number of nitrogens with zero attached hydrogens (tertiary/aromatic N) is 2. The quantitative estimate of drug-likeness (QED) is 0.557. The maximum Gasteiger partial charge on any atom is 0.256 e. The molecule has 1 atom stereocenters. The smallest absolute Gasteiger partial charge is 0.256 e. The van der Waals surface area contributed by atoms with Gasteiger partial charge in [-0.25, -0.2) is 0 Å². The normalized spacial score (nSPS) is 11.7. The number of nitrogen functional groups attached to an aromatic ring is 1. The number of carbonyl (C=O) groups is 1. The molecule has 1 amide bonds. The molecule has 2 N–H and O–H groups in total. The Morgan fingerprint density at radius 3 is 2.31 bits per heavy atom. The Morgan fingerprint density at radius 2 is 1.66 bits per heavy atom. The van der Waals surface area contributed by atoms with Crippen molar-refractivity contribution in [3.63, 3.8) is 0 Å². The maximum atomic E-state index is 13.5. The van der Waals surface area contributed by atoms with E-state index in [1.54, 1.807) is 12.1 Å². The highest BCUT2D eigenvalue weighted by Crippen LogP contribution is 2.30. The van der Waals surface area contributed by atoms with E-state index >= 15 is 0 Å². The fourth-order valence-electron chi connectivity index (χ4n) is 3.44. The fraction of sp³-hybridized carbons (Fsp3) is 0.208. The van der Waals surface area contributed by atoms with Gasteiger partial charge in [-0.1, -0.05) is 54.1 Å². The number of nitrogens with two attached hydrogens (primary N) is 1. The van der Waals surface area contributed by atoms with Crippen molar-refractivity contribution in [2.45, 2.75) is 19.5 Å². The molecular weight excluding hydrogens is 382 g/mol. The van der Waals surface area contributed by atoms with Crippen LogP contribution in [0.4, 0.5) is 11.4 Å². The van der Waals surface area contributed by atoms with Crippen LogP contribution in [0.5, 0.6) is 0 Å². The molecular formula is C24H26ClN3O. The molecule has 3 aromatic rings. The molecule has 0 aliphatic rings. The van der Waals surface area contributed by atoms with E-state index in [-0.39, 0.29) is 11.9 Å². The monoisotopic (exact) mass is 407 g/mol. The molecule has 0 fully saturated rings. The average Bonchev–Trinajstić information content (AvgIpc) is 2.72. The average molecular weight is 408 g/mol. The van der Waals surface area contributed by atoms with Gasteiger partial charge in [0.2, 0.25) is 0 Å². The summed E-state index contributed by atoms with van der Waals surface area (Å²) in [5.41, 5.74) is 10.3. The van der Waals surface area contributed by atoms with Crippen LogP contribution in [0.15, 0.2) is 72.8 Å². The summed E-state index contributed by atoms with van der Waals surface area (Å²) in [6, 6.07) is 22.8. The first-order chi connectivity index (χ1) is 13.9. The molecule has 0 heterocycles. The van der Waals surface area contributed by atoms with Crippen molar-refractivity contribution >= 4 is 28.9 Å². The molecule has 0 aromatic heterocycles. The van der Waals surface area contributed by atoms with Gasteiger partial charge in [-0.05, 0) is 48.4 Å². The number of hydrogen-bond donors (Lipinski definition) is 1. The third kappa shape index (κ3) is 4.72. The molecule has 0 saturated heterocycles. The number of halogens is 1. The van der Waals surface area contributed by atoms with E-state index in [1.165, 1.54) is 0 Å². The molecule has 0 bridgehead atoms. The van der Waals surface area contributed by atoms with Crippen LogP contribution in [0.1, 0.15) is 34.5 Å². The molecule has 0 aliphatic heterocycles. The van der Waals surface area contributed by atoms with Gasteiger partial charge in [0, 0.05) is 32.0 Å². The first-order valence-electron chi connectivity index (χ1n) is 9.54. The van der Waals surface area contributed by atoms with Crippen molar-refractivity contribution < 1.29 is 4.79 Å². The summed E-state index contributed by atoms with van der Waals surface area (Å²) in [6.07, 6.45) is 0. The van der Waals surface area contributed by atoms with Crippen LogP contribution in [0, 0.1) is 0 Å². The zero-order chi connectivity index (χ0) is 21.0. The minimum absolute atomic E-state index is 0.112. The van der Waals surface area contributed by atoms with Crippen LogP contribution in [-0.2, 0) is 6.54 Å². The van der Waals surface area contributed by atoms with Crippen molar-refractivity contribution in [1.82, 2.24) is 4.90 Å². The molecule has 150 valence electrons. The van der Waals surface area contributed by atoms with E-state index in [4.69, 9.17) is 17.3 Å². The number of carbonyl (C=O) groups excluding carboxylic acids is 1. The molecule has 0 spiro atoms. The molecule has 0 unspecified atom stereocenters. The predicted molar refractivity (Wildman–Crippen MR) is 121 cm³/mol. The minimum Gasteiger partial charge on any atom is -0.399 e. The Kier molecular flexibility index (Phi) is 6.45. The van der Waals surface area contributed by atoms with Crippen molar-refractivity contribution in [3.05, 3.63) is 94.5 Å². The van der Waals surface area contributed by atoms with E-state index < -0.39 is 0 Å². The Labute approximate surface area is 177 Å². The van der Waals surface area contributed by atoms with Crippen LogP contribution >= 0.6 is 11.6 Å². The fourth-order valence-corrected chi connectivity index (χ4v) is 3.65. The number of anilines is 2. The summed E-state index contributed by atoms with van der Waals surface area (Å²) in [5, 5.41) is 0.447. The second-order valence-corrected chi connectivity index (χ2v) is 7.69. The van der Waals surface area contributed by atoms with Gasteiger partial charge >= 0.3 is 0 Å². The molecule has 0 aliphatic carbocycles. The van der Waals surface area contributed by atoms with Crippen molar-refractivity contribution in [1.29, 1.82) is 0 Å². The third-order valence-electron chi connectivity index (χ3n) is 5.04. The van der Waals surface area contributed by atoms with Crippen molar-refractivity contribution in [2.24, 2.45) is 0 Å². The van der Waals surface area contributed by atoms with Crippen molar-refractivity contribution in [3.8, 4) is 0 Å². The van der Waals surface area contributed by atoms with Gasteiger partial charge in [0.25, 0.3) is 5.91 Å². The van der Waals surface area contributed by atoms with E-state index in [2.05, 4.69) is 0 Å². The van der Waals surface area contributed by atoms with Crippen LogP contribution < -0.4 is 10.6 Å². The van der Waals surface area contributed by atoms with Crippen LogP contribution in [0.25, 0.3) is 0 Å². The van der Waals surface area contributed by atoms with Crippen LogP contribution in [0.2, 0.25) is 5.02 Å². The van der Waals surface area contributed by atoms with E-state index in [0.29, 0.717) is 22.8 Å². The summed E-state index contributed by atoms with van der Waals surface area (Å²) in [6.45, 7) is 2.45. The molecule has 0 saturated carbocycles. The highest BCUT2D eigenvalue weighted by Gasteiger charge is 2.25. The van der Waals surface area contributed by atoms with E-state index in [1.807, 2.05) is 91.5 Å². The van der Waals surface area contributed by atoms with E-state index in [0.717, 1.165) is 16.8 Å². The van der Waals surface area contributed by atoms with Gasteiger partial charge in [0.15, 0.2) is 0 Å². The van der Waals surface area contributed by atoms with E-state index in [9.17, 15) is 4.79 Å². The Balaban J connectivity index is 2.05. The van der Waals surface area contributed by atoms with Crippen molar-refractivity contribution in [2.75, 3.05) is 24.7 Å². The molecule has 5 heteroatoms. The largest absolute Gasteiger partial charge is 0.399 e. The van der Waals surface area contributed by atoms with Gasteiger partial charge in [0.1, 0.15) is 0 Å². The second-order valence-electron chi connectivity index (χ2n) is 7.28. The van der Waals surface area contributed by atoms with Gasteiger partial charge < -0.3 is 15.5 Å². The highest BCUT2D eigenvalue weighted by atomic mass is 35.5. The number of benzene rings is 3. The summed E-state index contributed by atoms with van der Waals surface area (Å²) in [7, 11) is 3.96. The third-order valence-corrected chi connectivity index (χ3v) is 5.37. The maximum absolute atomic E-state index is 13.5. The SMILES string of the molecule is C[C@H](c1ccccc1)N(Cc1cc(N)ccc1N(C)C)C(=O)c1ccccc1Cl. The lowest BCUT2D eigenvalue weighted by Gasteiger charge is -2.32. The van der Waals surface area contributed by atoms with Gasteiger partial charge in [-0.3, -0.25) is 4.79 Å². The number of amides is 1. The van der Waals surface area contributed by atoms with Gasteiger partial charge in [0.05, 0.1) is 16.6 Å². The minimum atomic E-state index is -0.142. The summed E-state index contributed by atoms with van der Waals surface area (Å²) in [4.78, 5) is 17.4.